The molecule has 1 heterocycles. The van der Waals surface area contributed by atoms with Crippen molar-refractivity contribution in [2.75, 3.05) is 39.3 Å². The molecule has 1 saturated heterocycles. The van der Waals surface area contributed by atoms with Crippen molar-refractivity contribution >= 4 is 6.09 Å². The number of nitrogens with zero attached hydrogens (tertiary/aromatic N) is 2. The van der Waals surface area contributed by atoms with Gasteiger partial charge in [-0.2, -0.15) is 0 Å². The van der Waals surface area contributed by atoms with Crippen LogP contribution in [0.5, 0.6) is 0 Å². The van der Waals surface area contributed by atoms with Gasteiger partial charge in [0.15, 0.2) is 0 Å². The zero-order valence-electron chi connectivity index (χ0n) is 13.2. The van der Waals surface area contributed by atoms with Gasteiger partial charge in [-0.25, -0.2) is 4.79 Å². The third-order valence-corrected chi connectivity index (χ3v) is 3.69. The van der Waals surface area contributed by atoms with Crippen molar-refractivity contribution in [3.8, 4) is 0 Å². The van der Waals surface area contributed by atoms with Crippen molar-refractivity contribution in [2.45, 2.75) is 51.7 Å². The molecule has 5 heteroatoms. The summed E-state index contributed by atoms with van der Waals surface area (Å²) in [7, 11) is 0. The van der Waals surface area contributed by atoms with E-state index >= 15 is 0 Å². The van der Waals surface area contributed by atoms with Crippen LogP contribution in [-0.4, -0.2) is 66.8 Å². The topological polar surface area (TPSA) is 44.8 Å². The zero-order chi connectivity index (χ0) is 14.6. The van der Waals surface area contributed by atoms with Crippen LogP contribution in [0.4, 0.5) is 4.79 Å². The molecule has 1 saturated carbocycles. The van der Waals surface area contributed by atoms with Crippen molar-refractivity contribution in [1.29, 1.82) is 0 Å². The fraction of sp³-hybridized carbons (Fsp3) is 0.933. The molecule has 5 nitrogen and oxygen atoms in total. The van der Waals surface area contributed by atoms with E-state index in [0.717, 1.165) is 45.3 Å². The van der Waals surface area contributed by atoms with Crippen LogP contribution in [0.3, 0.4) is 0 Å². The first-order valence-corrected chi connectivity index (χ1v) is 7.88. The Hall–Kier alpha value is -0.810. The molecule has 20 heavy (non-hydrogen) atoms. The van der Waals surface area contributed by atoms with Gasteiger partial charge in [-0.1, -0.05) is 0 Å². The molecule has 0 bridgehead atoms. The Morgan fingerprint density at radius 3 is 2.40 bits per heavy atom. The van der Waals surface area contributed by atoms with E-state index in [1.807, 2.05) is 25.7 Å². The van der Waals surface area contributed by atoms with Crippen LogP contribution in [0.2, 0.25) is 0 Å². The highest BCUT2D eigenvalue weighted by molar-refractivity contribution is 5.68. The first-order valence-electron chi connectivity index (χ1n) is 7.88. The maximum absolute atomic E-state index is 11.9. The predicted octanol–water partition coefficient (Wildman–Crippen LogP) is 1.68. The Balaban J connectivity index is 1.57. The van der Waals surface area contributed by atoms with Crippen molar-refractivity contribution in [3.05, 3.63) is 0 Å². The van der Waals surface area contributed by atoms with E-state index < -0.39 is 5.60 Å². The number of amides is 1. The molecule has 1 aliphatic carbocycles. The third kappa shape index (κ3) is 5.67. The van der Waals surface area contributed by atoms with E-state index in [2.05, 4.69) is 10.2 Å². The Bertz CT molecular complexity index is 316. The molecule has 1 N–H and O–H groups in total. The standard InChI is InChI=1S/C15H29N3O2/c1-15(2,3)20-14(19)18-11-9-17(10-12-18)8-4-7-16-13-5-6-13/h13,16H,4-12H2,1-3H3. The molecule has 2 aliphatic rings. The lowest BCUT2D eigenvalue weighted by Gasteiger charge is -2.35. The number of hydrogen-bond acceptors (Lipinski definition) is 4. The molecule has 2 rings (SSSR count). The normalized spacial score (nSPS) is 21.1. The van der Waals surface area contributed by atoms with Gasteiger partial charge in [-0.05, 0) is 53.1 Å². The summed E-state index contributed by atoms with van der Waals surface area (Å²) in [6.07, 6.45) is 3.74. The fourth-order valence-electron chi connectivity index (χ4n) is 2.38. The summed E-state index contributed by atoms with van der Waals surface area (Å²) in [5.41, 5.74) is -0.400. The van der Waals surface area contributed by atoms with Crippen LogP contribution in [0.25, 0.3) is 0 Å². The summed E-state index contributed by atoms with van der Waals surface area (Å²) < 4.78 is 5.40. The van der Waals surface area contributed by atoms with Crippen LogP contribution in [0.1, 0.15) is 40.0 Å². The van der Waals surface area contributed by atoms with E-state index in [-0.39, 0.29) is 6.09 Å². The number of piperazine rings is 1. The number of nitrogens with one attached hydrogen (secondary N) is 1. The summed E-state index contributed by atoms with van der Waals surface area (Å²) in [5, 5.41) is 3.54. The highest BCUT2D eigenvalue weighted by Gasteiger charge is 2.25. The zero-order valence-corrected chi connectivity index (χ0v) is 13.2. The smallest absolute Gasteiger partial charge is 0.410 e. The highest BCUT2D eigenvalue weighted by Crippen LogP contribution is 2.18. The molecule has 0 spiro atoms. The summed E-state index contributed by atoms with van der Waals surface area (Å²) in [5.74, 6) is 0. The molecular weight excluding hydrogens is 254 g/mol. The minimum absolute atomic E-state index is 0.174. The van der Waals surface area contributed by atoms with E-state index in [4.69, 9.17) is 4.74 Å². The molecular formula is C15H29N3O2. The Morgan fingerprint density at radius 1 is 1.20 bits per heavy atom. The molecule has 0 unspecified atom stereocenters. The van der Waals surface area contributed by atoms with Gasteiger partial charge >= 0.3 is 6.09 Å². The van der Waals surface area contributed by atoms with Gasteiger partial charge in [-0.3, -0.25) is 4.90 Å². The largest absolute Gasteiger partial charge is 0.444 e. The molecule has 0 aromatic rings. The summed E-state index contributed by atoms with van der Waals surface area (Å²) in [6, 6.07) is 0.805. The number of carbonyl (C=O) groups is 1. The average Bonchev–Trinajstić information content (AvgIpc) is 3.17. The molecule has 116 valence electrons. The monoisotopic (exact) mass is 283 g/mol. The molecule has 1 aliphatic heterocycles. The maximum atomic E-state index is 11.9. The quantitative estimate of drug-likeness (QED) is 0.780. The Kier molecular flexibility index (Phi) is 5.27. The molecule has 2 fully saturated rings. The lowest BCUT2D eigenvalue weighted by Crippen LogP contribution is -2.50. The van der Waals surface area contributed by atoms with Crippen molar-refractivity contribution < 1.29 is 9.53 Å². The minimum atomic E-state index is -0.400. The Morgan fingerprint density at radius 2 is 1.85 bits per heavy atom. The van der Waals surface area contributed by atoms with Crippen LogP contribution in [0.15, 0.2) is 0 Å². The van der Waals surface area contributed by atoms with E-state index in [1.165, 1.54) is 19.3 Å². The maximum Gasteiger partial charge on any atom is 0.410 e. The average molecular weight is 283 g/mol. The first-order chi connectivity index (χ1) is 9.44. The molecule has 0 aromatic carbocycles. The predicted molar refractivity (Wildman–Crippen MR) is 79.9 cm³/mol. The van der Waals surface area contributed by atoms with E-state index in [9.17, 15) is 4.79 Å². The van der Waals surface area contributed by atoms with Gasteiger partial charge in [0.1, 0.15) is 5.60 Å². The minimum Gasteiger partial charge on any atom is -0.444 e. The lowest BCUT2D eigenvalue weighted by molar-refractivity contribution is 0.0144. The van der Waals surface area contributed by atoms with Gasteiger partial charge in [0, 0.05) is 32.2 Å². The Labute approximate surface area is 122 Å². The second kappa shape index (κ2) is 6.76. The molecule has 1 amide bonds. The van der Waals surface area contributed by atoms with Gasteiger partial charge in [-0.15, -0.1) is 0 Å². The van der Waals surface area contributed by atoms with Crippen LogP contribution in [-0.2, 0) is 4.74 Å². The number of rotatable bonds is 5. The van der Waals surface area contributed by atoms with Gasteiger partial charge in [0.05, 0.1) is 0 Å². The second-order valence-electron chi connectivity index (χ2n) is 6.89. The molecule has 0 aromatic heterocycles. The van der Waals surface area contributed by atoms with Crippen molar-refractivity contribution in [3.63, 3.8) is 0 Å². The first kappa shape index (κ1) is 15.6. The van der Waals surface area contributed by atoms with Gasteiger partial charge in [0.25, 0.3) is 0 Å². The highest BCUT2D eigenvalue weighted by atomic mass is 16.6. The van der Waals surface area contributed by atoms with Crippen LogP contribution in [0, 0.1) is 0 Å². The summed E-state index contributed by atoms with van der Waals surface area (Å²) in [6.45, 7) is 11.5. The summed E-state index contributed by atoms with van der Waals surface area (Å²) >= 11 is 0. The van der Waals surface area contributed by atoms with Gasteiger partial charge < -0.3 is 15.0 Å². The molecule has 0 atom stereocenters. The number of carbonyl (C=O) groups excluding carboxylic acids is 1. The van der Waals surface area contributed by atoms with Crippen molar-refractivity contribution in [2.24, 2.45) is 0 Å². The van der Waals surface area contributed by atoms with Crippen LogP contribution < -0.4 is 5.32 Å². The van der Waals surface area contributed by atoms with E-state index in [1.54, 1.807) is 0 Å². The van der Waals surface area contributed by atoms with Crippen molar-refractivity contribution in [1.82, 2.24) is 15.1 Å². The van der Waals surface area contributed by atoms with Crippen LogP contribution >= 0.6 is 0 Å². The molecule has 0 radical (unpaired) electrons. The number of ether oxygens (including phenoxy) is 1. The number of hydrogen-bond donors (Lipinski definition) is 1. The van der Waals surface area contributed by atoms with E-state index in [0.29, 0.717) is 0 Å². The SMILES string of the molecule is CC(C)(C)OC(=O)N1CCN(CCCNC2CC2)CC1. The summed E-state index contributed by atoms with van der Waals surface area (Å²) in [4.78, 5) is 16.2. The lowest BCUT2D eigenvalue weighted by atomic mass is 10.2. The third-order valence-electron chi connectivity index (χ3n) is 3.69. The second-order valence-corrected chi connectivity index (χ2v) is 6.89. The fourth-order valence-corrected chi connectivity index (χ4v) is 2.38. The van der Waals surface area contributed by atoms with Gasteiger partial charge in [0.2, 0.25) is 0 Å².